The van der Waals surface area contributed by atoms with Crippen molar-refractivity contribution >= 4 is 5.69 Å². The second-order valence-corrected chi connectivity index (χ2v) is 8.04. The van der Waals surface area contributed by atoms with Crippen LogP contribution in [0.15, 0.2) is 42.7 Å². The molecule has 0 unspecified atom stereocenters. The number of rotatable bonds is 5. The molecule has 0 radical (unpaired) electrons. The summed E-state index contributed by atoms with van der Waals surface area (Å²) < 4.78 is 2.23. The number of nitrogens with zero attached hydrogens (tertiary/aromatic N) is 4. The summed E-state index contributed by atoms with van der Waals surface area (Å²) in [5, 5.41) is 0. The Hall–Kier alpha value is -2.62. The molecule has 4 rings (SSSR count). The summed E-state index contributed by atoms with van der Waals surface area (Å²) in [6.07, 6.45) is 9.84. The maximum Gasteiger partial charge on any atom is 0.137 e. The van der Waals surface area contributed by atoms with E-state index in [0.29, 0.717) is 0 Å². The van der Waals surface area contributed by atoms with Gasteiger partial charge >= 0.3 is 0 Å². The van der Waals surface area contributed by atoms with Crippen molar-refractivity contribution in [2.24, 2.45) is 0 Å². The fraction of sp³-hybridized carbons (Fsp3) is 0.417. The largest absolute Gasteiger partial charge is 0.370 e. The molecule has 0 atom stereocenters. The molecule has 1 aliphatic rings. The summed E-state index contributed by atoms with van der Waals surface area (Å²) in [5.74, 6) is 1.02. The fourth-order valence-corrected chi connectivity index (χ4v) is 4.20. The van der Waals surface area contributed by atoms with Crippen molar-refractivity contribution in [3.05, 3.63) is 70.9 Å². The number of piperidine rings is 1. The monoisotopic (exact) mass is 374 g/mol. The van der Waals surface area contributed by atoms with Crippen molar-refractivity contribution in [3.8, 4) is 5.82 Å². The lowest BCUT2D eigenvalue weighted by atomic mass is 10.1. The van der Waals surface area contributed by atoms with Crippen LogP contribution < -0.4 is 4.90 Å². The van der Waals surface area contributed by atoms with Crippen LogP contribution in [-0.2, 0) is 12.8 Å². The molecule has 0 saturated carbocycles. The second kappa shape index (κ2) is 8.17. The molecular weight excluding hydrogens is 344 g/mol. The van der Waals surface area contributed by atoms with E-state index in [9.17, 15) is 0 Å². The van der Waals surface area contributed by atoms with E-state index in [1.165, 1.54) is 47.5 Å². The Morgan fingerprint density at radius 3 is 2.36 bits per heavy atom. The van der Waals surface area contributed by atoms with Gasteiger partial charge in [0.15, 0.2) is 0 Å². The molecule has 0 amide bonds. The average molecular weight is 375 g/mol. The molecular formula is C24H30N4. The van der Waals surface area contributed by atoms with Gasteiger partial charge in [-0.3, -0.25) is 4.98 Å². The number of hydrogen-bond donors (Lipinski definition) is 0. The summed E-state index contributed by atoms with van der Waals surface area (Å²) in [7, 11) is 0. The third-order valence-corrected chi connectivity index (χ3v) is 5.68. The molecule has 4 heterocycles. The number of aromatic nitrogens is 3. The quantitative estimate of drug-likeness (QED) is 0.632. The zero-order valence-electron chi connectivity index (χ0n) is 17.3. The van der Waals surface area contributed by atoms with E-state index >= 15 is 0 Å². The van der Waals surface area contributed by atoms with E-state index < -0.39 is 0 Å². The number of aryl methyl sites for hydroxylation is 5. The normalized spacial score (nSPS) is 14.5. The molecule has 3 aromatic rings. The lowest BCUT2D eigenvalue weighted by Gasteiger charge is -2.28. The lowest BCUT2D eigenvalue weighted by molar-refractivity contribution is 0.577. The molecule has 3 aromatic heterocycles. The summed E-state index contributed by atoms with van der Waals surface area (Å²) in [6, 6.07) is 11.0. The first kappa shape index (κ1) is 18.7. The van der Waals surface area contributed by atoms with E-state index in [0.717, 1.165) is 37.4 Å². The summed E-state index contributed by atoms with van der Waals surface area (Å²) in [6.45, 7) is 8.73. The number of anilines is 1. The average Bonchev–Trinajstić information content (AvgIpc) is 3.05. The summed E-state index contributed by atoms with van der Waals surface area (Å²) in [4.78, 5) is 11.9. The molecule has 1 saturated heterocycles. The predicted molar refractivity (Wildman–Crippen MR) is 115 cm³/mol. The maximum absolute atomic E-state index is 4.96. The van der Waals surface area contributed by atoms with E-state index in [2.05, 4.69) is 65.6 Å². The molecule has 4 nitrogen and oxygen atoms in total. The van der Waals surface area contributed by atoms with Crippen LogP contribution in [0, 0.1) is 20.8 Å². The van der Waals surface area contributed by atoms with Crippen LogP contribution in [-0.4, -0.2) is 27.6 Å². The Kier molecular flexibility index (Phi) is 5.47. The molecule has 1 aliphatic heterocycles. The van der Waals surface area contributed by atoms with Crippen LogP contribution in [0.5, 0.6) is 0 Å². The third-order valence-electron chi connectivity index (χ3n) is 5.68. The minimum absolute atomic E-state index is 0.930. The summed E-state index contributed by atoms with van der Waals surface area (Å²) >= 11 is 0. The number of hydrogen-bond acceptors (Lipinski definition) is 3. The highest BCUT2D eigenvalue weighted by molar-refractivity contribution is 5.46. The van der Waals surface area contributed by atoms with Crippen molar-refractivity contribution in [2.75, 3.05) is 18.0 Å². The highest BCUT2D eigenvalue weighted by atomic mass is 15.1. The van der Waals surface area contributed by atoms with E-state index in [4.69, 9.17) is 4.98 Å². The van der Waals surface area contributed by atoms with Gasteiger partial charge in [-0.2, -0.15) is 0 Å². The Balaban J connectivity index is 1.51. The van der Waals surface area contributed by atoms with Crippen LogP contribution in [0.25, 0.3) is 5.82 Å². The molecule has 1 fully saturated rings. The smallest absolute Gasteiger partial charge is 0.137 e. The van der Waals surface area contributed by atoms with Gasteiger partial charge in [-0.25, -0.2) is 4.98 Å². The van der Waals surface area contributed by atoms with Crippen LogP contribution >= 0.6 is 0 Å². The van der Waals surface area contributed by atoms with Gasteiger partial charge in [-0.15, -0.1) is 0 Å². The van der Waals surface area contributed by atoms with Gasteiger partial charge in [0.25, 0.3) is 0 Å². The minimum atomic E-state index is 0.930. The standard InChI is InChI=1S/C24H30N4/c1-18-13-22(26-24(14-18)28-19(2)7-8-20(28)3)10-9-21-15-23(17-25-16-21)27-11-5-4-6-12-27/h7-8,13-17H,4-6,9-12H2,1-3H3. The van der Waals surface area contributed by atoms with E-state index in [-0.39, 0.29) is 0 Å². The van der Waals surface area contributed by atoms with Crippen LogP contribution in [0.4, 0.5) is 5.69 Å². The maximum atomic E-state index is 4.96. The highest BCUT2D eigenvalue weighted by Crippen LogP contribution is 2.21. The predicted octanol–water partition coefficient (Wildman–Crippen LogP) is 4.97. The minimum Gasteiger partial charge on any atom is -0.370 e. The first-order chi connectivity index (χ1) is 13.6. The van der Waals surface area contributed by atoms with Gasteiger partial charge in [0.05, 0.1) is 11.9 Å². The SMILES string of the molecule is Cc1cc(CCc2cncc(N3CCCCC3)c2)nc(-n2c(C)ccc2C)c1. The second-order valence-electron chi connectivity index (χ2n) is 8.04. The van der Waals surface area contributed by atoms with Gasteiger partial charge in [-0.1, -0.05) is 0 Å². The zero-order valence-corrected chi connectivity index (χ0v) is 17.3. The van der Waals surface area contributed by atoms with Gasteiger partial charge in [0, 0.05) is 36.4 Å². The van der Waals surface area contributed by atoms with Crippen molar-refractivity contribution in [2.45, 2.75) is 52.9 Å². The lowest BCUT2D eigenvalue weighted by Crippen LogP contribution is -2.29. The third kappa shape index (κ3) is 4.11. The van der Waals surface area contributed by atoms with E-state index in [1.807, 2.05) is 12.4 Å². The van der Waals surface area contributed by atoms with Gasteiger partial charge in [0.2, 0.25) is 0 Å². The fourth-order valence-electron chi connectivity index (χ4n) is 4.20. The molecule has 0 aliphatic carbocycles. The van der Waals surface area contributed by atoms with Crippen molar-refractivity contribution in [1.29, 1.82) is 0 Å². The first-order valence-electron chi connectivity index (χ1n) is 10.4. The highest BCUT2D eigenvalue weighted by Gasteiger charge is 2.12. The Morgan fingerprint density at radius 1 is 0.857 bits per heavy atom. The van der Waals surface area contributed by atoms with Gasteiger partial charge in [-0.05, 0) is 94.3 Å². The van der Waals surface area contributed by atoms with E-state index in [1.54, 1.807) is 0 Å². The Labute approximate surface area is 168 Å². The van der Waals surface area contributed by atoms with Crippen LogP contribution in [0.1, 0.15) is 47.5 Å². The van der Waals surface area contributed by atoms with Crippen LogP contribution in [0.3, 0.4) is 0 Å². The molecule has 0 bridgehead atoms. The molecule has 4 heteroatoms. The molecule has 146 valence electrons. The van der Waals surface area contributed by atoms with Gasteiger partial charge in [0.1, 0.15) is 5.82 Å². The zero-order chi connectivity index (χ0) is 19.5. The first-order valence-corrected chi connectivity index (χ1v) is 10.4. The van der Waals surface area contributed by atoms with Crippen LogP contribution in [0.2, 0.25) is 0 Å². The van der Waals surface area contributed by atoms with Crippen molar-refractivity contribution in [3.63, 3.8) is 0 Å². The molecule has 0 aromatic carbocycles. The topological polar surface area (TPSA) is 34.0 Å². The van der Waals surface area contributed by atoms with Crippen molar-refractivity contribution < 1.29 is 0 Å². The summed E-state index contributed by atoms with van der Waals surface area (Å²) in [5.41, 5.74) is 7.41. The Bertz CT molecular complexity index is 931. The number of pyridine rings is 2. The van der Waals surface area contributed by atoms with Gasteiger partial charge < -0.3 is 9.47 Å². The molecule has 0 spiro atoms. The molecule has 28 heavy (non-hydrogen) atoms. The molecule has 0 N–H and O–H groups in total. The van der Waals surface area contributed by atoms with Crippen molar-refractivity contribution in [1.82, 2.24) is 14.5 Å². The Morgan fingerprint density at radius 2 is 1.61 bits per heavy atom.